The van der Waals surface area contributed by atoms with Crippen LogP contribution in [0.1, 0.15) is 5.56 Å². The maximum atomic E-state index is 3.45. The van der Waals surface area contributed by atoms with Crippen molar-refractivity contribution in [2.45, 2.75) is 11.1 Å². The van der Waals surface area contributed by atoms with E-state index in [-0.39, 0.29) is 0 Å². The predicted octanol–water partition coefficient (Wildman–Crippen LogP) is 4.94. The van der Waals surface area contributed by atoms with Crippen LogP contribution in [0.4, 0.5) is 5.69 Å². The van der Waals surface area contributed by atoms with Crippen molar-refractivity contribution < 1.29 is 0 Å². The Hall–Kier alpha value is -0.450. The molecule has 2 rings (SSSR count). The van der Waals surface area contributed by atoms with Crippen molar-refractivity contribution in [1.82, 2.24) is 0 Å². The molecule has 0 radical (unpaired) electrons. The average Bonchev–Trinajstić information content (AvgIpc) is 2.64. The second kappa shape index (κ2) is 5.05. The van der Waals surface area contributed by atoms with Crippen molar-refractivity contribution in [3.05, 3.63) is 45.7 Å². The second-order valence-corrected chi connectivity index (χ2v) is 6.70. The zero-order valence-corrected chi connectivity index (χ0v) is 11.4. The van der Waals surface area contributed by atoms with Crippen LogP contribution < -0.4 is 4.72 Å². The van der Waals surface area contributed by atoms with Gasteiger partial charge in [-0.05, 0) is 59.1 Å². The molecule has 0 aliphatic heterocycles. The molecule has 0 unspecified atom stereocenters. The molecule has 0 saturated carbocycles. The summed E-state index contributed by atoms with van der Waals surface area (Å²) >= 11 is 6.81. The molecule has 2 aromatic rings. The Morgan fingerprint density at radius 2 is 1.87 bits per heavy atom. The Balaban J connectivity index is 1.96. The van der Waals surface area contributed by atoms with Crippen LogP contribution in [0.5, 0.6) is 0 Å². The second-order valence-electron chi connectivity index (χ2n) is 3.13. The standard InChI is InChI=1S/C11H10BrNS2/c1-8-2-4-9(5-3-8)13-15-11-7-6-10(12)14-11/h2-7,13H,1H3. The maximum absolute atomic E-state index is 3.45. The van der Waals surface area contributed by atoms with E-state index in [0.717, 1.165) is 9.47 Å². The van der Waals surface area contributed by atoms with Crippen molar-refractivity contribution in [3.8, 4) is 0 Å². The molecule has 0 bridgehead atoms. The summed E-state index contributed by atoms with van der Waals surface area (Å²) in [6, 6.07) is 12.5. The van der Waals surface area contributed by atoms with Crippen LogP contribution in [0.15, 0.2) is 44.4 Å². The molecule has 0 spiro atoms. The Labute approximate surface area is 106 Å². The highest BCUT2D eigenvalue weighted by molar-refractivity contribution is 9.11. The fourth-order valence-corrected chi connectivity index (χ4v) is 3.58. The lowest BCUT2D eigenvalue weighted by Gasteiger charge is -2.03. The number of anilines is 1. The van der Waals surface area contributed by atoms with Gasteiger partial charge >= 0.3 is 0 Å². The number of hydrogen-bond acceptors (Lipinski definition) is 3. The summed E-state index contributed by atoms with van der Waals surface area (Å²) < 4.78 is 5.72. The van der Waals surface area contributed by atoms with Crippen LogP contribution in [-0.4, -0.2) is 0 Å². The van der Waals surface area contributed by atoms with Gasteiger partial charge in [-0.15, -0.1) is 11.3 Å². The van der Waals surface area contributed by atoms with E-state index in [1.807, 2.05) is 0 Å². The monoisotopic (exact) mass is 299 g/mol. The Bertz CT molecular complexity index is 436. The zero-order valence-electron chi connectivity index (χ0n) is 8.16. The third kappa shape index (κ3) is 3.26. The van der Waals surface area contributed by atoms with Gasteiger partial charge in [-0.3, -0.25) is 0 Å². The maximum Gasteiger partial charge on any atom is 0.0820 e. The summed E-state index contributed by atoms with van der Waals surface area (Å²) in [4.78, 5) is 0. The first-order valence-electron chi connectivity index (χ1n) is 4.49. The van der Waals surface area contributed by atoms with Gasteiger partial charge in [-0.2, -0.15) is 0 Å². The number of benzene rings is 1. The first kappa shape index (κ1) is 11.0. The van der Waals surface area contributed by atoms with Crippen LogP contribution in [-0.2, 0) is 0 Å². The lowest BCUT2D eigenvalue weighted by Crippen LogP contribution is -1.84. The Kier molecular flexibility index (Phi) is 3.72. The molecule has 1 nitrogen and oxygen atoms in total. The number of aryl methyl sites for hydroxylation is 1. The number of hydrogen-bond donors (Lipinski definition) is 1. The number of rotatable bonds is 3. The third-order valence-corrected chi connectivity index (χ3v) is 4.46. The predicted molar refractivity (Wildman–Crippen MR) is 72.7 cm³/mol. The lowest BCUT2D eigenvalue weighted by molar-refractivity contribution is 1.47. The molecule has 0 saturated heterocycles. The van der Waals surface area contributed by atoms with Gasteiger partial charge in [-0.25, -0.2) is 0 Å². The van der Waals surface area contributed by atoms with E-state index in [2.05, 4.69) is 64.0 Å². The van der Waals surface area contributed by atoms with E-state index in [4.69, 9.17) is 0 Å². The summed E-state index contributed by atoms with van der Waals surface area (Å²) in [5.74, 6) is 0. The Morgan fingerprint density at radius 1 is 1.13 bits per heavy atom. The molecule has 0 fully saturated rings. The van der Waals surface area contributed by atoms with Crippen molar-refractivity contribution >= 4 is 44.9 Å². The summed E-state index contributed by atoms with van der Waals surface area (Å²) in [6.07, 6.45) is 0. The first-order chi connectivity index (χ1) is 7.24. The van der Waals surface area contributed by atoms with Crippen LogP contribution in [0.25, 0.3) is 0 Å². The van der Waals surface area contributed by atoms with Crippen LogP contribution in [0.3, 0.4) is 0 Å². The highest BCUT2D eigenvalue weighted by atomic mass is 79.9. The van der Waals surface area contributed by atoms with Crippen molar-refractivity contribution in [2.24, 2.45) is 0 Å². The van der Waals surface area contributed by atoms with E-state index < -0.39 is 0 Å². The van der Waals surface area contributed by atoms with Gasteiger partial charge in [0.25, 0.3) is 0 Å². The molecule has 1 aromatic heterocycles. The van der Waals surface area contributed by atoms with Crippen molar-refractivity contribution in [3.63, 3.8) is 0 Å². The SMILES string of the molecule is Cc1ccc(NSc2ccc(Br)s2)cc1. The van der Waals surface area contributed by atoms with Crippen LogP contribution in [0, 0.1) is 6.92 Å². The van der Waals surface area contributed by atoms with Crippen LogP contribution >= 0.6 is 39.2 Å². The third-order valence-electron chi connectivity index (χ3n) is 1.87. The summed E-state index contributed by atoms with van der Waals surface area (Å²) in [7, 11) is 0. The molecule has 78 valence electrons. The molecule has 0 atom stereocenters. The van der Waals surface area contributed by atoms with E-state index in [9.17, 15) is 0 Å². The van der Waals surface area contributed by atoms with E-state index in [1.54, 1.807) is 23.3 Å². The van der Waals surface area contributed by atoms with Gasteiger partial charge < -0.3 is 4.72 Å². The molecule has 4 heteroatoms. The fraction of sp³-hybridized carbons (Fsp3) is 0.0909. The summed E-state index contributed by atoms with van der Waals surface area (Å²) in [6.45, 7) is 2.09. The minimum absolute atomic E-state index is 1.13. The molecule has 0 aliphatic carbocycles. The van der Waals surface area contributed by atoms with Gasteiger partial charge in [0, 0.05) is 5.69 Å². The molecule has 0 amide bonds. The number of thiophene rings is 1. The smallest absolute Gasteiger partial charge is 0.0820 e. The molecule has 0 aliphatic rings. The topological polar surface area (TPSA) is 12.0 Å². The van der Waals surface area contributed by atoms with E-state index in [1.165, 1.54) is 9.77 Å². The van der Waals surface area contributed by atoms with E-state index >= 15 is 0 Å². The van der Waals surface area contributed by atoms with Gasteiger partial charge in [0.1, 0.15) is 0 Å². The molecular weight excluding hydrogens is 290 g/mol. The van der Waals surface area contributed by atoms with Gasteiger partial charge in [-0.1, -0.05) is 17.7 Å². The van der Waals surface area contributed by atoms with E-state index in [0.29, 0.717) is 0 Å². The zero-order chi connectivity index (χ0) is 10.7. The fourth-order valence-electron chi connectivity index (χ4n) is 1.08. The Morgan fingerprint density at radius 3 is 2.47 bits per heavy atom. The molecule has 15 heavy (non-hydrogen) atoms. The van der Waals surface area contributed by atoms with Crippen molar-refractivity contribution in [2.75, 3.05) is 4.72 Å². The van der Waals surface area contributed by atoms with Crippen molar-refractivity contribution in [1.29, 1.82) is 0 Å². The molecular formula is C11H10BrNS2. The quantitative estimate of drug-likeness (QED) is 0.806. The first-order valence-corrected chi connectivity index (χ1v) is 6.91. The van der Waals surface area contributed by atoms with Gasteiger partial charge in [0.15, 0.2) is 0 Å². The highest BCUT2D eigenvalue weighted by Gasteiger charge is 1.98. The summed E-state index contributed by atoms with van der Waals surface area (Å²) in [5.41, 5.74) is 2.42. The molecule has 1 aromatic carbocycles. The largest absolute Gasteiger partial charge is 0.325 e. The van der Waals surface area contributed by atoms with Crippen LogP contribution in [0.2, 0.25) is 0 Å². The number of halogens is 1. The highest BCUT2D eigenvalue weighted by Crippen LogP contribution is 2.31. The van der Waals surface area contributed by atoms with Gasteiger partial charge in [0.2, 0.25) is 0 Å². The summed E-state index contributed by atoms with van der Waals surface area (Å²) in [5, 5.41) is 0. The number of nitrogens with one attached hydrogen (secondary N) is 1. The molecule has 1 heterocycles. The normalized spacial score (nSPS) is 10.3. The minimum Gasteiger partial charge on any atom is -0.325 e. The lowest BCUT2D eigenvalue weighted by atomic mass is 10.2. The molecule has 1 N–H and O–H groups in total. The minimum atomic E-state index is 1.13. The van der Waals surface area contributed by atoms with Gasteiger partial charge in [0.05, 0.1) is 8.00 Å². The average molecular weight is 300 g/mol.